The van der Waals surface area contributed by atoms with Gasteiger partial charge in [-0.2, -0.15) is 5.10 Å². The smallest absolute Gasteiger partial charge is 0.259 e. The van der Waals surface area contributed by atoms with E-state index < -0.39 is 0 Å². The molecule has 120 valence electrons. The number of carbonyl (C=O) groups is 1. The Kier molecular flexibility index (Phi) is 6.86. The van der Waals surface area contributed by atoms with Gasteiger partial charge >= 0.3 is 0 Å². The zero-order chi connectivity index (χ0) is 16.5. The number of hydrogen-bond acceptors (Lipinski definition) is 4. The van der Waals surface area contributed by atoms with Crippen LogP contribution in [-0.2, 0) is 4.79 Å². The highest BCUT2D eigenvalue weighted by Crippen LogP contribution is 2.11. The van der Waals surface area contributed by atoms with Crippen molar-refractivity contribution in [3.05, 3.63) is 57.7 Å². The average Bonchev–Trinajstić information content (AvgIpc) is 2.56. The van der Waals surface area contributed by atoms with Gasteiger partial charge in [0.2, 0.25) is 0 Å². The maximum absolute atomic E-state index is 11.7. The summed E-state index contributed by atoms with van der Waals surface area (Å²) < 4.78 is 6.51. The van der Waals surface area contributed by atoms with Crippen LogP contribution in [0.2, 0.25) is 0 Å². The van der Waals surface area contributed by atoms with Gasteiger partial charge < -0.3 is 10.1 Å². The van der Waals surface area contributed by atoms with Crippen LogP contribution in [0.5, 0.6) is 5.75 Å². The van der Waals surface area contributed by atoms with Crippen molar-refractivity contribution in [3.8, 4) is 5.75 Å². The lowest BCUT2D eigenvalue weighted by Gasteiger charge is -2.05. The second-order valence-corrected chi connectivity index (χ2v) is 5.90. The summed E-state index contributed by atoms with van der Waals surface area (Å²) in [5.74, 6) is 0.612. The van der Waals surface area contributed by atoms with E-state index in [4.69, 9.17) is 4.74 Å². The molecule has 0 fully saturated rings. The van der Waals surface area contributed by atoms with E-state index >= 15 is 0 Å². The first-order valence-electron chi connectivity index (χ1n) is 7.21. The van der Waals surface area contributed by atoms with Gasteiger partial charge in [0.25, 0.3) is 5.91 Å². The number of benzene rings is 2. The number of halogens is 1. The van der Waals surface area contributed by atoms with Crippen molar-refractivity contribution in [1.29, 1.82) is 0 Å². The van der Waals surface area contributed by atoms with Crippen LogP contribution in [0.1, 0.15) is 12.5 Å². The van der Waals surface area contributed by atoms with Crippen molar-refractivity contribution >= 4 is 40.4 Å². The highest BCUT2D eigenvalue weighted by Gasteiger charge is 1.99. The average molecular weight is 423 g/mol. The first kappa shape index (κ1) is 17.3. The molecule has 23 heavy (non-hydrogen) atoms. The molecule has 0 aromatic heterocycles. The third kappa shape index (κ3) is 6.27. The normalized spacial score (nSPS) is 10.5. The Hall–Kier alpha value is -2.09. The van der Waals surface area contributed by atoms with Gasteiger partial charge in [0.05, 0.1) is 19.4 Å². The van der Waals surface area contributed by atoms with Crippen LogP contribution in [-0.4, -0.2) is 25.3 Å². The molecule has 0 spiro atoms. The molecule has 0 bridgehead atoms. The van der Waals surface area contributed by atoms with E-state index in [-0.39, 0.29) is 12.5 Å². The summed E-state index contributed by atoms with van der Waals surface area (Å²) in [6.07, 6.45) is 1.60. The van der Waals surface area contributed by atoms with E-state index in [0.717, 1.165) is 20.6 Å². The number of hydrogen-bond donors (Lipinski definition) is 2. The summed E-state index contributed by atoms with van der Waals surface area (Å²) in [7, 11) is 0. The number of nitrogens with one attached hydrogen (secondary N) is 2. The number of carbonyl (C=O) groups excluding carboxylic acids is 1. The van der Waals surface area contributed by atoms with Gasteiger partial charge in [0.15, 0.2) is 0 Å². The maximum Gasteiger partial charge on any atom is 0.259 e. The zero-order valence-corrected chi connectivity index (χ0v) is 14.9. The molecule has 0 atom stereocenters. The molecule has 0 saturated heterocycles. The third-order valence-electron chi connectivity index (χ3n) is 2.89. The molecule has 0 saturated carbocycles. The molecular formula is C17H18IN3O2. The zero-order valence-electron chi connectivity index (χ0n) is 12.8. The van der Waals surface area contributed by atoms with Crippen LogP contribution in [0.4, 0.5) is 5.69 Å². The fourth-order valence-electron chi connectivity index (χ4n) is 1.79. The van der Waals surface area contributed by atoms with E-state index in [1.165, 1.54) is 0 Å². The lowest BCUT2D eigenvalue weighted by Crippen LogP contribution is -2.25. The van der Waals surface area contributed by atoms with Crippen molar-refractivity contribution in [3.63, 3.8) is 0 Å². The van der Waals surface area contributed by atoms with E-state index in [1.807, 2.05) is 55.5 Å². The van der Waals surface area contributed by atoms with Crippen molar-refractivity contribution in [1.82, 2.24) is 5.43 Å². The molecular weight excluding hydrogens is 405 g/mol. The van der Waals surface area contributed by atoms with Crippen LogP contribution in [0, 0.1) is 3.57 Å². The molecule has 5 nitrogen and oxygen atoms in total. The molecule has 1 amide bonds. The SMILES string of the molecule is CCOc1ccc(/C=N/NC(=O)CNc2ccc(I)cc2)cc1. The van der Waals surface area contributed by atoms with Crippen LogP contribution in [0.25, 0.3) is 0 Å². The number of ether oxygens (including phenoxy) is 1. The molecule has 2 rings (SSSR count). The minimum Gasteiger partial charge on any atom is -0.494 e. The molecule has 0 aliphatic heterocycles. The Bertz CT molecular complexity index is 655. The Morgan fingerprint density at radius 3 is 2.52 bits per heavy atom. The van der Waals surface area contributed by atoms with E-state index in [0.29, 0.717) is 6.61 Å². The van der Waals surface area contributed by atoms with Gasteiger partial charge in [0, 0.05) is 9.26 Å². The first-order chi connectivity index (χ1) is 11.2. The lowest BCUT2D eigenvalue weighted by atomic mass is 10.2. The van der Waals surface area contributed by atoms with Crippen molar-refractivity contribution < 1.29 is 9.53 Å². The molecule has 0 aliphatic carbocycles. The summed E-state index contributed by atoms with van der Waals surface area (Å²) in [4.78, 5) is 11.7. The second kappa shape index (κ2) is 9.14. The Labute approximate surface area is 149 Å². The molecule has 2 aromatic rings. The molecule has 0 heterocycles. The van der Waals surface area contributed by atoms with E-state index in [1.54, 1.807) is 6.21 Å². The van der Waals surface area contributed by atoms with Crippen molar-refractivity contribution in [2.45, 2.75) is 6.92 Å². The van der Waals surface area contributed by atoms with Gasteiger partial charge in [-0.1, -0.05) is 0 Å². The fourth-order valence-corrected chi connectivity index (χ4v) is 2.14. The lowest BCUT2D eigenvalue weighted by molar-refractivity contribution is -0.119. The number of rotatable bonds is 7. The van der Waals surface area contributed by atoms with Gasteiger partial charge in [-0.3, -0.25) is 4.79 Å². The molecule has 0 aliphatic rings. The monoisotopic (exact) mass is 423 g/mol. The van der Waals surface area contributed by atoms with Gasteiger partial charge in [0.1, 0.15) is 5.75 Å². The number of hydrazone groups is 1. The standard InChI is InChI=1S/C17H18IN3O2/c1-2-23-16-9-3-13(4-10-16)11-20-21-17(22)12-19-15-7-5-14(18)6-8-15/h3-11,19H,2,12H2,1H3,(H,21,22)/b20-11+. The Morgan fingerprint density at radius 1 is 1.17 bits per heavy atom. The number of nitrogens with zero attached hydrogens (tertiary/aromatic N) is 1. The topological polar surface area (TPSA) is 62.7 Å². The molecule has 6 heteroatoms. The van der Waals surface area contributed by atoms with Crippen molar-refractivity contribution in [2.24, 2.45) is 5.10 Å². The van der Waals surface area contributed by atoms with Crippen LogP contribution in [0.15, 0.2) is 53.6 Å². The van der Waals surface area contributed by atoms with E-state index in [2.05, 4.69) is 38.4 Å². The summed E-state index contributed by atoms with van der Waals surface area (Å²) in [6.45, 7) is 2.74. The Balaban J connectivity index is 1.75. The number of amides is 1. The minimum absolute atomic E-state index is 0.168. The van der Waals surface area contributed by atoms with Gasteiger partial charge in [-0.25, -0.2) is 5.43 Å². The van der Waals surface area contributed by atoms with Gasteiger partial charge in [-0.05, 0) is 83.6 Å². The number of anilines is 1. The molecule has 0 radical (unpaired) electrons. The fraction of sp³-hybridized carbons (Fsp3) is 0.176. The summed E-state index contributed by atoms with van der Waals surface area (Å²) in [5.41, 5.74) is 4.28. The largest absolute Gasteiger partial charge is 0.494 e. The summed E-state index contributed by atoms with van der Waals surface area (Å²) in [6, 6.07) is 15.3. The van der Waals surface area contributed by atoms with Crippen LogP contribution in [0.3, 0.4) is 0 Å². The van der Waals surface area contributed by atoms with Crippen LogP contribution < -0.4 is 15.5 Å². The molecule has 0 unspecified atom stereocenters. The predicted octanol–water partition coefficient (Wildman–Crippen LogP) is 3.25. The summed E-state index contributed by atoms with van der Waals surface area (Å²) >= 11 is 2.23. The highest BCUT2D eigenvalue weighted by atomic mass is 127. The van der Waals surface area contributed by atoms with E-state index in [9.17, 15) is 4.79 Å². The molecule has 2 aromatic carbocycles. The van der Waals surface area contributed by atoms with Gasteiger partial charge in [-0.15, -0.1) is 0 Å². The maximum atomic E-state index is 11.7. The van der Waals surface area contributed by atoms with Crippen molar-refractivity contribution in [2.75, 3.05) is 18.5 Å². The quantitative estimate of drug-likeness (QED) is 0.409. The highest BCUT2D eigenvalue weighted by molar-refractivity contribution is 14.1. The second-order valence-electron chi connectivity index (χ2n) is 4.66. The summed E-state index contributed by atoms with van der Waals surface area (Å²) in [5, 5.41) is 6.97. The third-order valence-corrected chi connectivity index (χ3v) is 3.61. The first-order valence-corrected chi connectivity index (χ1v) is 8.29. The molecule has 2 N–H and O–H groups in total. The predicted molar refractivity (Wildman–Crippen MR) is 101 cm³/mol. The minimum atomic E-state index is -0.203. The van der Waals surface area contributed by atoms with Crippen LogP contribution >= 0.6 is 22.6 Å². The Morgan fingerprint density at radius 2 is 1.87 bits per heavy atom.